The van der Waals surface area contributed by atoms with Crippen LogP contribution in [-0.2, 0) is 4.74 Å². The zero-order valence-corrected chi connectivity index (χ0v) is 8.49. The molecule has 0 aromatic rings. The van der Waals surface area contributed by atoms with E-state index in [1.165, 1.54) is 0 Å². The summed E-state index contributed by atoms with van der Waals surface area (Å²) in [5, 5.41) is 16.2. The Labute approximate surface area is 88.8 Å². The van der Waals surface area contributed by atoms with E-state index in [0.717, 1.165) is 12.8 Å². The minimum absolute atomic E-state index is 0.0975. The summed E-state index contributed by atoms with van der Waals surface area (Å²) in [5.74, 6) is 0.0975. The fourth-order valence-electron chi connectivity index (χ4n) is 1.28. The second-order valence-corrected chi connectivity index (χ2v) is 3.32. The van der Waals surface area contributed by atoms with Crippen molar-refractivity contribution in [3.8, 4) is 6.07 Å². The molecule has 1 rings (SSSR count). The van der Waals surface area contributed by atoms with Crippen LogP contribution in [-0.4, -0.2) is 30.8 Å². The van der Waals surface area contributed by atoms with Gasteiger partial charge in [0.05, 0.1) is 23.9 Å². The minimum atomic E-state index is -0.128. The molecule has 5 heteroatoms. The lowest BCUT2D eigenvalue weighted by Crippen LogP contribution is -2.23. The highest BCUT2D eigenvalue weighted by Gasteiger charge is 2.19. The summed E-state index contributed by atoms with van der Waals surface area (Å²) in [6.07, 6.45) is 1.72. The van der Waals surface area contributed by atoms with Crippen LogP contribution in [0.15, 0.2) is 17.1 Å². The highest BCUT2D eigenvalue weighted by atomic mass is 16.5. The molecule has 1 saturated heterocycles. The van der Waals surface area contributed by atoms with E-state index >= 15 is 0 Å². The Morgan fingerprint density at radius 2 is 2.47 bits per heavy atom. The van der Waals surface area contributed by atoms with Crippen molar-refractivity contribution in [2.24, 2.45) is 10.7 Å². The minimum Gasteiger partial charge on any atom is -0.383 e. The standard InChI is InChI=1S/C10H14N4O/c1-7(5-11)10(13)14-6-8(12)9-3-2-4-15-9/h9,12H,1-4,6H2,(H2,13,14). The summed E-state index contributed by atoms with van der Waals surface area (Å²) in [7, 11) is 0. The summed E-state index contributed by atoms with van der Waals surface area (Å²) >= 11 is 0. The second kappa shape index (κ2) is 5.27. The fraction of sp³-hybridized carbons (Fsp3) is 0.500. The summed E-state index contributed by atoms with van der Waals surface area (Å²) in [4.78, 5) is 3.91. The predicted octanol–water partition coefficient (Wildman–Crippen LogP) is 0.622. The van der Waals surface area contributed by atoms with Gasteiger partial charge in [0.2, 0.25) is 0 Å². The molecule has 1 heterocycles. The molecule has 0 spiro atoms. The Morgan fingerprint density at radius 1 is 1.73 bits per heavy atom. The van der Waals surface area contributed by atoms with Gasteiger partial charge >= 0.3 is 0 Å². The van der Waals surface area contributed by atoms with Crippen LogP contribution in [0, 0.1) is 16.7 Å². The lowest BCUT2D eigenvalue weighted by molar-refractivity contribution is 0.157. The predicted molar refractivity (Wildman–Crippen MR) is 57.9 cm³/mol. The quantitative estimate of drug-likeness (QED) is 0.401. The highest BCUT2D eigenvalue weighted by molar-refractivity contribution is 6.01. The van der Waals surface area contributed by atoms with E-state index in [2.05, 4.69) is 11.6 Å². The lowest BCUT2D eigenvalue weighted by atomic mass is 10.1. The van der Waals surface area contributed by atoms with Crippen LogP contribution in [0.2, 0.25) is 0 Å². The van der Waals surface area contributed by atoms with Crippen LogP contribution in [0.1, 0.15) is 12.8 Å². The number of nitrogens with two attached hydrogens (primary N) is 1. The fourth-order valence-corrected chi connectivity index (χ4v) is 1.28. The molecule has 0 aromatic carbocycles. The van der Waals surface area contributed by atoms with Crippen LogP contribution in [0.25, 0.3) is 0 Å². The first-order valence-electron chi connectivity index (χ1n) is 4.73. The van der Waals surface area contributed by atoms with E-state index < -0.39 is 0 Å². The molecule has 0 saturated carbocycles. The first-order valence-corrected chi connectivity index (χ1v) is 4.73. The van der Waals surface area contributed by atoms with Crippen LogP contribution in [0.5, 0.6) is 0 Å². The Kier molecular flexibility index (Phi) is 4.01. The maximum Gasteiger partial charge on any atom is 0.136 e. The number of rotatable bonds is 4. The molecule has 1 aliphatic rings. The highest BCUT2D eigenvalue weighted by Crippen LogP contribution is 2.12. The first-order chi connectivity index (χ1) is 7.15. The van der Waals surface area contributed by atoms with Gasteiger partial charge in [-0.3, -0.25) is 4.99 Å². The van der Waals surface area contributed by atoms with Crippen LogP contribution in [0.3, 0.4) is 0 Å². The SMILES string of the molecule is C=C(C#N)C(N)=NCC(=N)C1CCCO1. The van der Waals surface area contributed by atoms with Crippen LogP contribution >= 0.6 is 0 Å². The van der Waals surface area contributed by atoms with E-state index in [9.17, 15) is 0 Å². The summed E-state index contributed by atoms with van der Waals surface area (Å²) in [6.45, 7) is 4.31. The number of aliphatic imine (C=N–C) groups is 1. The van der Waals surface area contributed by atoms with Gasteiger partial charge in [-0.05, 0) is 12.8 Å². The molecule has 0 bridgehead atoms. The van der Waals surface area contributed by atoms with Gasteiger partial charge < -0.3 is 15.9 Å². The molecule has 0 radical (unpaired) electrons. The van der Waals surface area contributed by atoms with Crippen LogP contribution in [0.4, 0.5) is 0 Å². The second-order valence-electron chi connectivity index (χ2n) is 3.32. The first kappa shape index (κ1) is 11.4. The van der Waals surface area contributed by atoms with E-state index in [4.69, 9.17) is 21.1 Å². The summed E-state index contributed by atoms with van der Waals surface area (Å²) in [6, 6.07) is 1.81. The number of nitrogens with zero attached hydrogens (tertiary/aromatic N) is 2. The molecule has 1 atom stereocenters. The third-order valence-corrected chi connectivity index (χ3v) is 2.18. The Bertz CT molecular complexity index is 334. The van der Waals surface area contributed by atoms with Crippen molar-refractivity contribution in [3.05, 3.63) is 12.2 Å². The Balaban J connectivity index is 2.45. The molecule has 1 fully saturated rings. The van der Waals surface area contributed by atoms with Gasteiger partial charge in [-0.15, -0.1) is 0 Å². The van der Waals surface area contributed by atoms with Crippen LogP contribution < -0.4 is 5.73 Å². The average Bonchev–Trinajstić information content (AvgIpc) is 2.77. The normalized spacial score (nSPS) is 21.0. The molecule has 1 aliphatic heterocycles. The number of hydrogen-bond acceptors (Lipinski definition) is 4. The van der Waals surface area contributed by atoms with Crippen molar-refractivity contribution in [2.75, 3.05) is 13.2 Å². The third-order valence-electron chi connectivity index (χ3n) is 2.18. The number of ether oxygens (including phenoxy) is 1. The molecular formula is C10H14N4O. The average molecular weight is 206 g/mol. The van der Waals surface area contributed by atoms with Crippen molar-refractivity contribution in [2.45, 2.75) is 18.9 Å². The Morgan fingerprint density at radius 3 is 3.00 bits per heavy atom. The molecule has 5 nitrogen and oxygen atoms in total. The largest absolute Gasteiger partial charge is 0.383 e. The smallest absolute Gasteiger partial charge is 0.136 e. The zero-order valence-electron chi connectivity index (χ0n) is 8.49. The van der Waals surface area contributed by atoms with Gasteiger partial charge in [0.25, 0.3) is 0 Å². The maximum absolute atomic E-state index is 8.49. The molecular weight excluding hydrogens is 192 g/mol. The van der Waals surface area contributed by atoms with E-state index in [-0.39, 0.29) is 24.1 Å². The molecule has 15 heavy (non-hydrogen) atoms. The zero-order chi connectivity index (χ0) is 11.3. The number of amidine groups is 1. The topological polar surface area (TPSA) is 95.3 Å². The van der Waals surface area contributed by atoms with Crippen molar-refractivity contribution in [1.29, 1.82) is 10.7 Å². The molecule has 0 aromatic heterocycles. The van der Waals surface area contributed by atoms with Gasteiger partial charge in [-0.25, -0.2) is 0 Å². The summed E-state index contributed by atoms with van der Waals surface area (Å²) in [5.41, 5.74) is 6.00. The van der Waals surface area contributed by atoms with E-state index in [1.54, 1.807) is 6.07 Å². The molecule has 80 valence electrons. The van der Waals surface area contributed by atoms with Gasteiger partial charge in [0.15, 0.2) is 0 Å². The van der Waals surface area contributed by atoms with Crippen molar-refractivity contribution in [3.63, 3.8) is 0 Å². The van der Waals surface area contributed by atoms with E-state index in [1.807, 2.05) is 0 Å². The maximum atomic E-state index is 8.49. The van der Waals surface area contributed by atoms with E-state index in [0.29, 0.717) is 12.3 Å². The molecule has 0 aliphatic carbocycles. The van der Waals surface area contributed by atoms with Gasteiger partial charge in [0.1, 0.15) is 11.9 Å². The molecule has 0 amide bonds. The van der Waals surface area contributed by atoms with Gasteiger partial charge in [-0.1, -0.05) is 6.58 Å². The van der Waals surface area contributed by atoms with Crippen molar-refractivity contribution < 1.29 is 4.74 Å². The van der Waals surface area contributed by atoms with Crippen molar-refractivity contribution >= 4 is 11.5 Å². The number of hydrogen-bond donors (Lipinski definition) is 2. The lowest BCUT2D eigenvalue weighted by Gasteiger charge is -2.08. The van der Waals surface area contributed by atoms with Crippen molar-refractivity contribution in [1.82, 2.24) is 0 Å². The molecule has 1 unspecified atom stereocenters. The monoisotopic (exact) mass is 206 g/mol. The third kappa shape index (κ3) is 3.18. The molecule has 3 N–H and O–H groups in total. The summed E-state index contributed by atoms with van der Waals surface area (Å²) < 4.78 is 5.31. The number of nitrogens with one attached hydrogen (secondary N) is 1. The van der Waals surface area contributed by atoms with Gasteiger partial charge in [0, 0.05) is 6.61 Å². The van der Waals surface area contributed by atoms with Gasteiger partial charge in [-0.2, -0.15) is 5.26 Å². The Hall–Kier alpha value is -1.67. The number of nitriles is 1.